The summed E-state index contributed by atoms with van der Waals surface area (Å²) < 4.78 is 0. The fourth-order valence-corrected chi connectivity index (χ4v) is 2.60. The Hall–Kier alpha value is -3.06. The molecule has 0 atom stereocenters. The van der Waals surface area contributed by atoms with Crippen molar-refractivity contribution >= 4 is 29.0 Å². The lowest BCUT2D eigenvalue weighted by molar-refractivity contribution is -0.111. The molecule has 0 aliphatic heterocycles. The van der Waals surface area contributed by atoms with Gasteiger partial charge in [-0.15, -0.1) is 11.3 Å². The van der Waals surface area contributed by atoms with E-state index in [0.717, 1.165) is 11.3 Å². The van der Waals surface area contributed by atoms with Crippen LogP contribution in [0.25, 0.3) is 17.5 Å². The zero-order valence-electron chi connectivity index (χ0n) is 12.8. The molecule has 0 unspecified atom stereocenters. The van der Waals surface area contributed by atoms with Gasteiger partial charge in [-0.1, -0.05) is 0 Å². The Morgan fingerprint density at radius 1 is 1.29 bits per heavy atom. The third kappa shape index (κ3) is 4.02. The van der Waals surface area contributed by atoms with Gasteiger partial charge in [0.05, 0.1) is 11.2 Å². The number of aromatic nitrogens is 3. The standard InChI is InChI=1S/C17H14N4O2S/c1-11-8-16(23)21-17(19-11)12-2-4-13(5-3-12)20-15(22)7-6-14-9-24-10-18-14/h2-10H,1H3,(H,20,22)(H,19,21,23)/b7-6+. The Labute approximate surface area is 141 Å². The van der Waals surface area contributed by atoms with Crippen LogP contribution in [0.2, 0.25) is 0 Å². The predicted octanol–water partition coefficient (Wildman–Crippen LogP) is 2.85. The van der Waals surface area contributed by atoms with E-state index in [2.05, 4.69) is 20.3 Å². The lowest BCUT2D eigenvalue weighted by atomic mass is 10.2. The summed E-state index contributed by atoms with van der Waals surface area (Å²) in [5.41, 5.74) is 4.34. The van der Waals surface area contributed by atoms with Crippen LogP contribution in [-0.2, 0) is 4.79 Å². The molecule has 0 radical (unpaired) electrons. The highest BCUT2D eigenvalue weighted by atomic mass is 32.1. The summed E-state index contributed by atoms with van der Waals surface area (Å²) in [5.74, 6) is 0.263. The second kappa shape index (κ2) is 7.01. The number of amides is 1. The van der Waals surface area contributed by atoms with Crippen molar-refractivity contribution in [2.45, 2.75) is 6.92 Å². The molecule has 0 fully saturated rings. The molecule has 24 heavy (non-hydrogen) atoms. The van der Waals surface area contributed by atoms with Gasteiger partial charge in [-0.2, -0.15) is 0 Å². The van der Waals surface area contributed by atoms with Crippen molar-refractivity contribution in [1.82, 2.24) is 15.0 Å². The SMILES string of the molecule is Cc1cc(=O)[nH]c(-c2ccc(NC(=O)/C=C/c3cscn3)cc2)n1. The lowest BCUT2D eigenvalue weighted by Gasteiger charge is -2.05. The van der Waals surface area contributed by atoms with Gasteiger partial charge in [-0.25, -0.2) is 9.97 Å². The van der Waals surface area contributed by atoms with Crippen LogP contribution < -0.4 is 10.9 Å². The number of H-pyrrole nitrogens is 1. The quantitative estimate of drug-likeness (QED) is 0.716. The summed E-state index contributed by atoms with van der Waals surface area (Å²) in [7, 11) is 0. The molecule has 6 nitrogen and oxygen atoms in total. The maximum atomic E-state index is 11.9. The van der Waals surface area contributed by atoms with Crippen molar-refractivity contribution in [3.05, 3.63) is 69.0 Å². The first kappa shape index (κ1) is 15.8. The molecule has 1 aromatic carbocycles. The third-order valence-corrected chi connectivity index (χ3v) is 3.76. The summed E-state index contributed by atoms with van der Waals surface area (Å²) in [6.45, 7) is 1.77. The monoisotopic (exact) mass is 338 g/mol. The molecule has 0 aliphatic carbocycles. The van der Waals surface area contributed by atoms with Crippen LogP contribution in [0.4, 0.5) is 5.69 Å². The largest absolute Gasteiger partial charge is 0.323 e. The van der Waals surface area contributed by atoms with Crippen LogP contribution in [0, 0.1) is 6.92 Å². The number of nitrogens with one attached hydrogen (secondary N) is 2. The van der Waals surface area contributed by atoms with E-state index in [-0.39, 0.29) is 11.5 Å². The maximum absolute atomic E-state index is 11.9. The number of rotatable bonds is 4. The minimum absolute atomic E-state index is 0.193. The Balaban J connectivity index is 1.70. The fourth-order valence-electron chi connectivity index (χ4n) is 2.08. The van der Waals surface area contributed by atoms with Gasteiger partial charge in [0.25, 0.3) is 5.56 Å². The summed E-state index contributed by atoms with van der Waals surface area (Å²) in [4.78, 5) is 34.4. The topological polar surface area (TPSA) is 87.7 Å². The Morgan fingerprint density at radius 2 is 2.08 bits per heavy atom. The molecule has 0 spiro atoms. The van der Waals surface area contributed by atoms with Crippen LogP contribution in [0.5, 0.6) is 0 Å². The maximum Gasteiger partial charge on any atom is 0.251 e. The molecule has 0 saturated carbocycles. The molecule has 0 saturated heterocycles. The van der Waals surface area contributed by atoms with Gasteiger partial charge in [-0.3, -0.25) is 9.59 Å². The first-order chi connectivity index (χ1) is 11.6. The van der Waals surface area contributed by atoms with Crippen LogP contribution in [-0.4, -0.2) is 20.9 Å². The molecule has 0 aliphatic rings. The second-order valence-corrected chi connectivity index (χ2v) is 5.77. The number of hydrogen-bond donors (Lipinski definition) is 2. The van der Waals surface area contributed by atoms with Gasteiger partial charge in [0.2, 0.25) is 5.91 Å². The molecular weight excluding hydrogens is 324 g/mol. The third-order valence-electron chi connectivity index (χ3n) is 3.15. The van der Waals surface area contributed by atoms with E-state index < -0.39 is 0 Å². The molecule has 2 heterocycles. The Kier molecular flexibility index (Phi) is 4.62. The summed E-state index contributed by atoms with van der Waals surface area (Å²) >= 11 is 1.47. The Morgan fingerprint density at radius 3 is 2.75 bits per heavy atom. The van der Waals surface area contributed by atoms with E-state index in [4.69, 9.17) is 0 Å². The van der Waals surface area contributed by atoms with Gasteiger partial charge in [-0.05, 0) is 37.3 Å². The molecule has 3 aromatic rings. The van der Waals surface area contributed by atoms with Crippen LogP contribution in [0.15, 0.2) is 52.1 Å². The Bertz CT molecular complexity index is 928. The first-order valence-corrected chi connectivity index (χ1v) is 8.10. The minimum Gasteiger partial charge on any atom is -0.323 e. The van der Waals surface area contributed by atoms with Gasteiger partial charge in [0.15, 0.2) is 0 Å². The van der Waals surface area contributed by atoms with Crippen molar-refractivity contribution in [1.29, 1.82) is 0 Å². The minimum atomic E-state index is -0.238. The van der Waals surface area contributed by atoms with Gasteiger partial charge in [0.1, 0.15) is 5.82 Å². The fraction of sp³-hybridized carbons (Fsp3) is 0.0588. The van der Waals surface area contributed by atoms with Gasteiger partial charge >= 0.3 is 0 Å². The molecule has 3 rings (SSSR count). The molecular formula is C17H14N4O2S. The first-order valence-electron chi connectivity index (χ1n) is 7.16. The van der Waals surface area contributed by atoms with E-state index >= 15 is 0 Å². The number of aryl methyl sites for hydroxylation is 1. The van der Waals surface area contributed by atoms with Gasteiger partial charge in [0, 0.05) is 34.5 Å². The molecule has 7 heteroatoms. The number of anilines is 1. The van der Waals surface area contributed by atoms with Crippen molar-refractivity contribution in [2.24, 2.45) is 0 Å². The average Bonchev–Trinajstić information content (AvgIpc) is 3.06. The van der Waals surface area contributed by atoms with Crippen LogP contribution in [0.3, 0.4) is 0 Å². The van der Waals surface area contributed by atoms with E-state index in [1.807, 2.05) is 5.38 Å². The highest BCUT2D eigenvalue weighted by Gasteiger charge is 2.03. The van der Waals surface area contributed by atoms with E-state index in [9.17, 15) is 9.59 Å². The molecule has 1 amide bonds. The average molecular weight is 338 g/mol. The highest BCUT2D eigenvalue weighted by Crippen LogP contribution is 2.17. The number of thiazole rings is 1. The van der Waals surface area contributed by atoms with Crippen LogP contribution >= 0.6 is 11.3 Å². The number of benzene rings is 1. The summed E-state index contributed by atoms with van der Waals surface area (Å²) in [6.07, 6.45) is 3.09. The number of carbonyl (C=O) groups is 1. The number of hydrogen-bond acceptors (Lipinski definition) is 5. The normalized spacial score (nSPS) is 10.9. The highest BCUT2D eigenvalue weighted by molar-refractivity contribution is 7.07. The predicted molar refractivity (Wildman–Crippen MR) is 94.8 cm³/mol. The second-order valence-electron chi connectivity index (χ2n) is 5.05. The zero-order chi connectivity index (χ0) is 16.9. The summed E-state index contributed by atoms with van der Waals surface area (Å²) in [6, 6.07) is 8.53. The molecule has 120 valence electrons. The van der Waals surface area contributed by atoms with Crippen molar-refractivity contribution in [3.8, 4) is 11.4 Å². The number of carbonyl (C=O) groups excluding carboxylic acids is 1. The smallest absolute Gasteiger partial charge is 0.251 e. The van der Waals surface area contributed by atoms with Gasteiger partial charge < -0.3 is 10.3 Å². The molecule has 2 N–H and O–H groups in total. The number of aromatic amines is 1. The molecule has 2 aromatic heterocycles. The van der Waals surface area contributed by atoms with E-state index in [1.54, 1.807) is 42.8 Å². The van der Waals surface area contributed by atoms with Crippen molar-refractivity contribution < 1.29 is 4.79 Å². The number of nitrogens with zero attached hydrogens (tertiary/aromatic N) is 2. The summed E-state index contributed by atoms with van der Waals surface area (Å²) in [5, 5.41) is 4.62. The van der Waals surface area contributed by atoms with Crippen molar-refractivity contribution in [2.75, 3.05) is 5.32 Å². The molecule has 0 bridgehead atoms. The van der Waals surface area contributed by atoms with Crippen LogP contribution in [0.1, 0.15) is 11.4 Å². The lowest BCUT2D eigenvalue weighted by Crippen LogP contribution is -2.09. The van der Waals surface area contributed by atoms with Crippen molar-refractivity contribution in [3.63, 3.8) is 0 Å². The van der Waals surface area contributed by atoms with E-state index in [0.29, 0.717) is 17.2 Å². The van der Waals surface area contributed by atoms with E-state index in [1.165, 1.54) is 23.5 Å². The zero-order valence-corrected chi connectivity index (χ0v) is 13.6.